The summed E-state index contributed by atoms with van der Waals surface area (Å²) in [6, 6.07) is 7.28. The van der Waals surface area contributed by atoms with Crippen LogP contribution in [0.4, 0.5) is 5.69 Å². The minimum absolute atomic E-state index is 0.183. The predicted octanol–water partition coefficient (Wildman–Crippen LogP) is 2.15. The van der Waals surface area contributed by atoms with Gasteiger partial charge in [0.1, 0.15) is 6.54 Å². The number of imidazole rings is 1. The summed E-state index contributed by atoms with van der Waals surface area (Å²) >= 11 is 1.56. The van der Waals surface area contributed by atoms with E-state index >= 15 is 0 Å². The fourth-order valence-electron chi connectivity index (χ4n) is 2.73. The van der Waals surface area contributed by atoms with Gasteiger partial charge >= 0.3 is 0 Å². The van der Waals surface area contributed by atoms with E-state index in [0.717, 1.165) is 21.1 Å². The van der Waals surface area contributed by atoms with Gasteiger partial charge in [-0.1, -0.05) is 12.1 Å². The topological polar surface area (TPSA) is 83.8 Å². The van der Waals surface area contributed by atoms with E-state index in [1.165, 1.54) is 0 Å². The second kappa shape index (κ2) is 6.14. The van der Waals surface area contributed by atoms with Crippen molar-refractivity contribution in [2.45, 2.75) is 12.8 Å². The van der Waals surface area contributed by atoms with Gasteiger partial charge < -0.3 is 5.32 Å². The number of benzene rings is 1. The van der Waals surface area contributed by atoms with Crippen LogP contribution < -0.4 is 5.32 Å². The largest absolute Gasteiger partial charge is 0.325 e. The summed E-state index contributed by atoms with van der Waals surface area (Å²) in [6.45, 7) is -0.239. The predicted molar refractivity (Wildman–Crippen MR) is 93.1 cm³/mol. The molecule has 3 heterocycles. The highest BCUT2D eigenvalue weighted by Crippen LogP contribution is 2.23. The number of carbonyl (C=O) groups excluding carboxylic acids is 3. The van der Waals surface area contributed by atoms with Gasteiger partial charge in [-0.2, -0.15) is 0 Å². The molecule has 7 nitrogen and oxygen atoms in total. The van der Waals surface area contributed by atoms with Gasteiger partial charge in [-0.05, 0) is 12.1 Å². The molecule has 0 saturated carbocycles. The monoisotopic (exact) mass is 354 g/mol. The van der Waals surface area contributed by atoms with Gasteiger partial charge in [0.2, 0.25) is 17.7 Å². The molecule has 25 heavy (non-hydrogen) atoms. The summed E-state index contributed by atoms with van der Waals surface area (Å²) in [7, 11) is 0. The van der Waals surface area contributed by atoms with E-state index in [-0.39, 0.29) is 37.1 Å². The maximum absolute atomic E-state index is 12.0. The standard InChI is InChI=1S/C17H14N4O3S/c22-14(10-21-15(23)5-6-16(21)24)18-12-3-1-11(2-4-12)13-9-20-7-8-25-17(20)19-13/h1-4,7-9H,5-6,10H2,(H,18,22). The van der Waals surface area contributed by atoms with Crippen molar-refractivity contribution in [2.75, 3.05) is 11.9 Å². The highest BCUT2D eigenvalue weighted by atomic mass is 32.1. The van der Waals surface area contributed by atoms with Crippen molar-refractivity contribution in [3.05, 3.63) is 42.0 Å². The number of hydrogen-bond acceptors (Lipinski definition) is 5. The molecule has 4 rings (SSSR count). The molecule has 0 spiro atoms. The number of anilines is 1. The number of aromatic nitrogens is 2. The van der Waals surface area contributed by atoms with Crippen molar-refractivity contribution in [2.24, 2.45) is 0 Å². The molecular formula is C17H14N4O3S. The van der Waals surface area contributed by atoms with Gasteiger partial charge in [0.25, 0.3) is 0 Å². The highest BCUT2D eigenvalue weighted by molar-refractivity contribution is 7.15. The molecule has 0 bridgehead atoms. The van der Waals surface area contributed by atoms with Crippen molar-refractivity contribution in [1.82, 2.24) is 14.3 Å². The van der Waals surface area contributed by atoms with Crippen LogP contribution in [-0.4, -0.2) is 38.6 Å². The van der Waals surface area contributed by atoms with E-state index in [9.17, 15) is 14.4 Å². The first kappa shape index (κ1) is 15.5. The molecule has 1 aliphatic heterocycles. The van der Waals surface area contributed by atoms with Gasteiger partial charge in [0.05, 0.1) is 5.69 Å². The van der Waals surface area contributed by atoms with Crippen molar-refractivity contribution in [3.63, 3.8) is 0 Å². The molecule has 0 unspecified atom stereocenters. The second-order valence-corrected chi connectivity index (χ2v) is 6.59. The number of nitrogens with one attached hydrogen (secondary N) is 1. The minimum atomic E-state index is -0.390. The van der Waals surface area contributed by atoms with E-state index in [0.29, 0.717) is 5.69 Å². The number of amides is 3. The van der Waals surface area contributed by atoms with Crippen LogP contribution in [0.5, 0.6) is 0 Å². The van der Waals surface area contributed by atoms with Crippen LogP contribution >= 0.6 is 11.3 Å². The molecule has 1 fully saturated rings. The number of thiazole rings is 1. The van der Waals surface area contributed by atoms with Crippen LogP contribution in [0.3, 0.4) is 0 Å². The van der Waals surface area contributed by atoms with Crippen LogP contribution in [0.15, 0.2) is 42.0 Å². The molecule has 126 valence electrons. The van der Waals surface area contributed by atoms with Crippen LogP contribution in [0.1, 0.15) is 12.8 Å². The summed E-state index contributed by atoms with van der Waals surface area (Å²) in [6.07, 6.45) is 4.27. The van der Waals surface area contributed by atoms with E-state index in [1.54, 1.807) is 23.5 Å². The zero-order valence-corrected chi connectivity index (χ0v) is 14.0. The number of rotatable bonds is 4. The molecule has 1 aliphatic rings. The van der Waals surface area contributed by atoms with Crippen molar-refractivity contribution in [3.8, 4) is 11.3 Å². The maximum Gasteiger partial charge on any atom is 0.244 e. The third-order valence-corrected chi connectivity index (χ3v) is 4.78. The maximum atomic E-state index is 12.0. The van der Waals surface area contributed by atoms with Gasteiger partial charge in [0, 0.05) is 41.9 Å². The normalized spacial score (nSPS) is 14.5. The number of likely N-dealkylation sites (tertiary alicyclic amines) is 1. The van der Waals surface area contributed by atoms with Crippen molar-refractivity contribution >= 4 is 39.7 Å². The number of fused-ring (bicyclic) bond motifs is 1. The molecule has 1 aromatic carbocycles. The molecule has 0 atom stereocenters. The van der Waals surface area contributed by atoms with E-state index in [2.05, 4.69) is 10.3 Å². The summed E-state index contributed by atoms with van der Waals surface area (Å²) in [5, 5.41) is 4.67. The summed E-state index contributed by atoms with van der Waals surface area (Å²) < 4.78 is 1.96. The Morgan fingerprint density at radius 1 is 1.16 bits per heavy atom. The Morgan fingerprint density at radius 2 is 1.88 bits per heavy atom. The lowest BCUT2D eigenvalue weighted by atomic mass is 10.1. The quantitative estimate of drug-likeness (QED) is 0.728. The first-order chi connectivity index (χ1) is 12.1. The third-order valence-electron chi connectivity index (χ3n) is 4.01. The van der Waals surface area contributed by atoms with Crippen LogP contribution in [-0.2, 0) is 14.4 Å². The Balaban J connectivity index is 1.43. The molecule has 0 radical (unpaired) electrons. The molecule has 2 aromatic heterocycles. The molecule has 1 saturated heterocycles. The average Bonchev–Trinajstić information content (AvgIpc) is 3.26. The van der Waals surface area contributed by atoms with E-state index in [1.807, 2.05) is 34.3 Å². The van der Waals surface area contributed by atoms with Crippen LogP contribution in [0.25, 0.3) is 16.2 Å². The minimum Gasteiger partial charge on any atom is -0.325 e. The SMILES string of the molecule is O=C(CN1C(=O)CCC1=O)Nc1ccc(-c2cn3ccsc3n2)cc1. The molecule has 3 amide bonds. The summed E-state index contributed by atoms with van der Waals surface area (Å²) in [5.74, 6) is -0.982. The lowest BCUT2D eigenvalue weighted by molar-refractivity contribution is -0.141. The Kier molecular flexibility index (Phi) is 3.81. The Morgan fingerprint density at radius 3 is 2.56 bits per heavy atom. The Bertz CT molecular complexity index is 929. The van der Waals surface area contributed by atoms with Crippen molar-refractivity contribution < 1.29 is 14.4 Å². The lowest BCUT2D eigenvalue weighted by Crippen LogP contribution is -2.36. The smallest absolute Gasteiger partial charge is 0.244 e. The summed E-state index contributed by atoms with van der Waals surface area (Å²) in [5.41, 5.74) is 2.41. The molecule has 1 N–H and O–H groups in total. The van der Waals surface area contributed by atoms with Crippen LogP contribution in [0.2, 0.25) is 0 Å². The fraction of sp³-hybridized carbons (Fsp3) is 0.176. The van der Waals surface area contributed by atoms with Gasteiger partial charge in [-0.25, -0.2) is 4.98 Å². The zero-order valence-electron chi connectivity index (χ0n) is 13.1. The second-order valence-electron chi connectivity index (χ2n) is 5.72. The van der Waals surface area contributed by atoms with Crippen molar-refractivity contribution in [1.29, 1.82) is 0 Å². The molecular weight excluding hydrogens is 340 g/mol. The number of carbonyl (C=O) groups is 3. The number of hydrogen-bond donors (Lipinski definition) is 1. The Hall–Kier alpha value is -3.00. The van der Waals surface area contributed by atoms with Gasteiger partial charge in [0.15, 0.2) is 4.96 Å². The molecule has 0 aliphatic carbocycles. The first-order valence-corrected chi connectivity index (χ1v) is 8.64. The number of nitrogens with zero attached hydrogens (tertiary/aromatic N) is 3. The van der Waals surface area contributed by atoms with Crippen LogP contribution in [0, 0.1) is 0 Å². The van der Waals surface area contributed by atoms with Gasteiger partial charge in [-0.15, -0.1) is 11.3 Å². The van der Waals surface area contributed by atoms with Gasteiger partial charge in [-0.3, -0.25) is 23.7 Å². The van der Waals surface area contributed by atoms with E-state index < -0.39 is 0 Å². The Labute approximate surface area is 146 Å². The molecule has 8 heteroatoms. The van der Waals surface area contributed by atoms with E-state index in [4.69, 9.17) is 0 Å². The first-order valence-electron chi connectivity index (χ1n) is 7.76. The summed E-state index contributed by atoms with van der Waals surface area (Å²) in [4.78, 5) is 41.6. The third kappa shape index (κ3) is 3.03. The fourth-order valence-corrected chi connectivity index (χ4v) is 3.43. The average molecular weight is 354 g/mol. The highest BCUT2D eigenvalue weighted by Gasteiger charge is 2.30. The molecule has 3 aromatic rings. The lowest BCUT2D eigenvalue weighted by Gasteiger charge is -2.13. The zero-order chi connectivity index (χ0) is 17.4. The number of imide groups is 1.